The third kappa shape index (κ3) is 13.0. The van der Waals surface area contributed by atoms with Crippen LogP contribution in [0.5, 0.6) is 5.75 Å². The molecule has 1 fully saturated rings. The van der Waals surface area contributed by atoms with Gasteiger partial charge < -0.3 is 24.6 Å². The second-order valence-electron chi connectivity index (χ2n) is 16.6. The van der Waals surface area contributed by atoms with Crippen LogP contribution in [0.25, 0.3) is 0 Å². The Kier molecular flexibility index (Phi) is 17.8. The normalized spacial score (nSPS) is 16.8. The van der Waals surface area contributed by atoms with Crippen LogP contribution in [-0.2, 0) is 32.0 Å². The Morgan fingerprint density at radius 1 is 0.919 bits per heavy atom. The number of rotatable bonds is 13. The lowest BCUT2D eigenvalue weighted by molar-refractivity contribution is -0.143. The molecule has 0 bridgehead atoms. The summed E-state index contributed by atoms with van der Waals surface area (Å²) in [6, 6.07) is 27.9. The number of hydrogen-bond donors (Lipinski definition) is 2. The lowest BCUT2D eigenvalue weighted by atomic mass is 9.72. The van der Waals surface area contributed by atoms with E-state index in [0.29, 0.717) is 12.1 Å². The number of esters is 1. The van der Waals surface area contributed by atoms with Crippen molar-refractivity contribution in [3.05, 3.63) is 136 Å². The van der Waals surface area contributed by atoms with Crippen molar-refractivity contribution in [2.24, 2.45) is 11.3 Å². The molecule has 3 atom stereocenters. The first-order valence-corrected chi connectivity index (χ1v) is 21.2. The number of ether oxygens (including phenoxy) is 3. The summed E-state index contributed by atoms with van der Waals surface area (Å²) in [6.45, 7) is 16.0. The Bertz CT molecular complexity index is 2210. The third-order valence-corrected chi connectivity index (χ3v) is 11.5. The molecule has 1 aliphatic carbocycles. The van der Waals surface area contributed by atoms with Crippen LogP contribution in [0.4, 0.5) is 11.4 Å². The van der Waals surface area contributed by atoms with Gasteiger partial charge in [-0.05, 0) is 125 Å². The van der Waals surface area contributed by atoms with Crippen molar-refractivity contribution in [3.63, 3.8) is 0 Å². The van der Waals surface area contributed by atoms with Gasteiger partial charge in [-0.25, -0.2) is 9.78 Å². The molecule has 1 aromatic heterocycles. The molecular formula is C49H62ClN5O7. The highest BCUT2D eigenvalue weighted by Gasteiger charge is 2.54. The van der Waals surface area contributed by atoms with Gasteiger partial charge in [-0.15, -0.1) is 0 Å². The number of nitrogens with zero attached hydrogens (tertiary/aromatic N) is 4. The molecule has 5 aromatic rings. The summed E-state index contributed by atoms with van der Waals surface area (Å²) in [5.74, 6) is 0.111. The van der Waals surface area contributed by atoms with E-state index < -0.39 is 17.6 Å². The Hall–Kier alpha value is -5.56. The third-order valence-electron chi connectivity index (χ3n) is 11.2. The standard InChI is InChI=1S/C17H22ClN3O.C17H19NO2.C15H21NO4/c1-16(2)8-7-14(9-13-3-5-15(18)6-4-13)17(16,22)10-21-12-19-11-20-21;1-12(2)20-15-9-6-8-14(11-15)18-17(19)16-10-5-4-7-13(16)3;1-10-7-6-8-11(2)14(10)16(13(17)9-19-4)12(3)15(18)20-5/h3-6,11-12,14,22H,7-10H2,1-2H3;4-12H,1-3H3,(H,18,19);6-8,12H,9H2,1-5H3. The number of methoxy groups -OCH3 is 2. The zero-order chi connectivity index (χ0) is 45.6. The van der Waals surface area contributed by atoms with E-state index in [9.17, 15) is 19.5 Å². The van der Waals surface area contributed by atoms with Crippen molar-refractivity contribution in [1.82, 2.24) is 14.8 Å². The molecule has 6 rings (SSSR count). The first-order valence-electron chi connectivity index (χ1n) is 20.8. The van der Waals surface area contributed by atoms with Gasteiger partial charge in [0.05, 0.1) is 31.0 Å². The summed E-state index contributed by atoms with van der Waals surface area (Å²) in [5.41, 5.74) is 5.22. The number of aromatic nitrogens is 3. The Labute approximate surface area is 371 Å². The Balaban J connectivity index is 0.000000205. The van der Waals surface area contributed by atoms with Gasteiger partial charge in [-0.3, -0.25) is 19.2 Å². The average molecular weight is 869 g/mol. The number of halogens is 1. The van der Waals surface area contributed by atoms with Gasteiger partial charge in [0.25, 0.3) is 11.8 Å². The highest BCUT2D eigenvalue weighted by Crippen LogP contribution is 2.51. The second kappa shape index (κ2) is 22.5. The maximum atomic E-state index is 12.3. The number of anilines is 2. The molecule has 1 saturated carbocycles. The van der Waals surface area contributed by atoms with E-state index in [4.69, 9.17) is 25.8 Å². The molecule has 13 heteroatoms. The Morgan fingerprint density at radius 3 is 2.16 bits per heavy atom. The number of nitrogens with one attached hydrogen (secondary N) is 1. The van der Waals surface area contributed by atoms with E-state index in [-0.39, 0.29) is 35.9 Å². The summed E-state index contributed by atoms with van der Waals surface area (Å²) in [7, 11) is 2.76. The monoisotopic (exact) mass is 867 g/mol. The molecule has 12 nitrogen and oxygen atoms in total. The van der Waals surface area contributed by atoms with Crippen LogP contribution in [0.1, 0.15) is 80.1 Å². The van der Waals surface area contributed by atoms with Gasteiger partial charge in [0.15, 0.2) is 0 Å². The molecule has 2 N–H and O–H groups in total. The minimum Gasteiger partial charge on any atom is -0.491 e. The van der Waals surface area contributed by atoms with Crippen molar-refractivity contribution >= 4 is 40.8 Å². The van der Waals surface area contributed by atoms with E-state index >= 15 is 0 Å². The van der Waals surface area contributed by atoms with Gasteiger partial charge in [0.2, 0.25) is 0 Å². The number of amides is 2. The van der Waals surface area contributed by atoms with Crippen molar-refractivity contribution in [3.8, 4) is 5.75 Å². The predicted molar refractivity (Wildman–Crippen MR) is 245 cm³/mol. The maximum absolute atomic E-state index is 12.3. The second-order valence-corrected chi connectivity index (χ2v) is 17.0. The predicted octanol–water partition coefficient (Wildman–Crippen LogP) is 9.22. The van der Waals surface area contributed by atoms with Crippen molar-refractivity contribution in [2.75, 3.05) is 31.0 Å². The summed E-state index contributed by atoms with van der Waals surface area (Å²) in [5, 5.41) is 19.3. The first kappa shape index (κ1) is 49.1. The molecular weight excluding hydrogens is 806 g/mol. The molecule has 2 amide bonds. The number of aryl methyl sites for hydroxylation is 3. The largest absolute Gasteiger partial charge is 0.491 e. The van der Waals surface area contributed by atoms with E-state index in [0.717, 1.165) is 58.1 Å². The molecule has 1 heterocycles. The summed E-state index contributed by atoms with van der Waals surface area (Å²) in [6.07, 6.45) is 6.17. The number of hydrogen-bond acceptors (Lipinski definition) is 9. The molecule has 0 spiro atoms. The van der Waals surface area contributed by atoms with Crippen LogP contribution in [-0.4, -0.2) is 76.2 Å². The highest BCUT2D eigenvalue weighted by atomic mass is 35.5. The number of carbonyl (C=O) groups excluding carboxylic acids is 3. The fourth-order valence-corrected chi connectivity index (χ4v) is 7.88. The molecule has 4 aromatic carbocycles. The average Bonchev–Trinajstić information content (AvgIpc) is 3.81. The van der Waals surface area contributed by atoms with Gasteiger partial charge in [-0.2, -0.15) is 5.10 Å². The van der Waals surface area contributed by atoms with E-state index in [1.807, 2.05) is 126 Å². The van der Waals surface area contributed by atoms with Gasteiger partial charge in [-0.1, -0.05) is 80.0 Å². The zero-order valence-electron chi connectivity index (χ0n) is 37.6. The summed E-state index contributed by atoms with van der Waals surface area (Å²) >= 11 is 5.96. The van der Waals surface area contributed by atoms with Crippen LogP contribution in [0.15, 0.2) is 104 Å². The van der Waals surface area contributed by atoms with E-state index in [2.05, 4.69) is 29.2 Å². The fourth-order valence-electron chi connectivity index (χ4n) is 7.76. The molecule has 3 unspecified atom stereocenters. The molecule has 0 saturated heterocycles. The van der Waals surface area contributed by atoms with E-state index in [1.165, 1.54) is 31.0 Å². The lowest BCUT2D eigenvalue weighted by Crippen LogP contribution is -2.49. The smallest absolute Gasteiger partial charge is 0.328 e. The minimum absolute atomic E-state index is 0.0882. The molecule has 0 radical (unpaired) electrons. The fraction of sp³-hybridized carbons (Fsp3) is 0.408. The van der Waals surface area contributed by atoms with Crippen molar-refractivity contribution in [2.45, 2.75) is 98.9 Å². The molecule has 1 aliphatic rings. The first-order chi connectivity index (χ1) is 29.4. The maximum Gasteiger partial charge on any atom is 0.328 e. The van der Waals surface area contributed by atoms with Gasteiger partial charge in [0.1, 0.15) is 31.1 Å². The van der Waals surface area contributed by atoms with E-state index in [1.54, 1.807) is 17.9 Å². The van der Waals surface area contributed by atoms with Crippen LogP contribution in [0.3, 0.4) is 0 Å². The van der Waals surface area contributed by atoms with Gasteiger partial charge >= 0.3 is 5.97 Å². The zero-order valence-corrected chi connectivity index (χ0v) is 38.4. The molecule has 332 valence electrons. The lowest BCUT2D eigenvalue weighted by Gasteiger charge is -2.40. The van der Waals surface area contributed by atoms with Crippen molar-refractivity contribution in [1.29, 1.82) is 0 Å². The van der Waals surface area contributed by atoms with Crippen LogP contribution >= 0.6 is 11.6 Å². The van der Waals surface area contributed by atoms with Crippen LogP contribution < -0.4 is 15.0 Å². The highest BCUT2D eigenvalue weighted by molar-refractivity contribution is 6.30. The molecule has 0 aliphatic heterocycles. The minimum atomic E-state index is -0.791. The van der Waals surface area contributed by atoms with Crippen LogP contribution in [0, 0.1) is 32.1 Å². The quantitative estimate of drug-likeness (QED) is 0.111. The number of para-hydroxylation sites is 1. The number of aliphatic hydroxyl groups is 1. The summed E-state index contributed by atoms with van der Waals surface area (Å²) < 4.78 is 17.0. The van der Waals surface area contributed by atoms with Gasteiger partial charge in [0, 0.05) is 29.4 Å². The number of benzene rings is 4. The SMILES string of the molecule is CC1(C)CCC(Cc2ccc(Cl)cc2)C1(O)Cn1cncn1.COCC(=O)N(c1c(C)cccc1C)C(C)C(=O)OC.Cc1ccccc1C(=O)Nc1cccc(OC(C)C)c1. The molecule has 62 heavy (non-hydrogen) atoms. The number of carbonyl (C=O) groups is 3. The van der Waals surface area contributed by atoms with Crippen LogP contribution in [0.2, 0.25) is 5.02 Å². The van der Waals surface area contributed by atoms with Crippen molar-refractivity contribution < 1.29 is 33.7 Å². The Morgan fingerprint density at radius 2 is 1.56 bits per heavy atom. The topological polar surface area (TPSA) is 145 Å². The summed E-state index contributed by atoms with van der Waals surface area (Å²) in [4.78, 5) is 41.8.